The first-order valence-corrected chi connectivity index (χ1v) is 11.0. The second-order valence-corrected chi connectivity index (χ2v) is 9.26. The lowest BCUT2D eigenvalue weighted by Gasteiger charge is -2.14. The van der Waals surface area contributed by atoms with Crippen molar-refractivity contribution in [3.8, 4) is 10.4 Å². The molecular weight excluding hydrogens is 408 g/mol. The van der Waals surface area contributed by atoms with E-state index in [1.165, 1.54) is 11.1 Å². The third kappa shape index (κ3) is 3.11. The topological polar surface area (TPSA) is 26.4 Å². The number of nitrogens with zero attached hydrogens (tertiary/aromatic N) is 2. The zero-order chi connectivity index (χ0) is 20.8. The highest BCUT2D eigenvalue weighted by Gasteiger charge is 2.18. The van der Waals surface area contributed by atoms with Gasteiger partial charge in [-0.15, -0.1) is 11.3 Å². The summed E-state index contributed by atoms with van der Waals surface area (Å²) in [5, 5.41) is 0.682. The summed E-state index contributed by atoms with van der Waals surface area (Å²) in [5.74, 6) is 0. The quantitative estimate of drug-likeness (QED) is 0.312. The van der Waals surface area contributed by atoms with Crippen LogP contribution in [0.3, 0.4) is 0 Å². The molecule has 0 aliphatic rings. The molecule has 148 valence electrons. The van der Waals surface area contributed by atoms with Crippen LogP contribution in [-0.4, -0.2) is 8.97 Å². The van der Waals surface area contributed by atoms with Crippen molar-refractivity contribution >= 4 is 40.1 Å². The van der Waals surface area contributed by atoms with Gasteiger partial charge in [-0.25, -0.2) is 0 Å². The molecule has 0 N–H and O–H groups in total. The van der Waals surface area contributed by atoms with E-state index in [-0.39, 0.29) is 5.56 Å². The van der Waals surface area contributed by atoms with Crippen LogP contribution in [0.15, 0.2) is 77.6 Å². The van der Waals surface area contributed by atoms with E-state index in [4.69, 9.17) is 12.2 Å². The molecule has 5 aromatic rings. The van der Waals surface area contributed by atoms with Crippen molar-refractivity contribution in [2.75, 3.05) is 0 Å². The average Bonchev–Trinajstić information content (AvgIpc) is 3.09. The van der Waals surface area contributed by atoms with E-state index in [1.54, 1.807) is 11.3 Å². The van der Waals surface area contributed by atoms with E-state index >= 15 is 0 Å². The van der Waals surface area contributed by atoms with Crippen LogP contribution in [0.25, 0.3) is 27.0 Å². The molecule has 0 atom stereocenters. The molecule has 5 heteroatoms. The van der Waals surface area contributed by atoms with Crippen molar-refractivity contribution in [1.82, 2.24) is 8.97 Å². The molecule has 5 rings (SSSR count). The predicted octanol–water partition coefficient (Wildman–Crippen LogP) is 6.38. The molecule has 3 nitrogen and oxygen atoms in total. The van der Waals surface area contributed by atoms with Crippen molar-refractivity contribution in [1.29, 1.82) is 0 Å². The lowest BCUT2D eigenvalue weighted by molar-refractivity contribution is 0.780. The fourth-order valence-corrected chi connectivity index (χ4v) is 5.38. The van der Waals surface area contributed by atoms with Gasteiger partial charge in [-0.2, -0.15) is 0 Å². The van der Waals surface area contributed by atoms with Gasteiger partial charge in [0.25, 0.3) is 5.56 Å². The van der Waals surface area contributed by atoms with E-state index in [0.717, 1.165) is 31.1 Å². The van der Waals surface area contributed by atoms with Gasteiger partial charge in [-0.1, -0.05) is 71.8 Å². The van der Waals surface area contributed by atoms with Gasteiger partial charge in [0.05, 0.1) is 22.3 Å². The van der Waals surface area contributed by atoms with Crippen molar-refractivity contribution < 1.29 is 0 Å². The second-order valence-electron chi connectivity index (χ2n) is 7.62. The minimum Gasteiger partial charge on any atom is -0.288 e. The molecule has 0 aliphatic carbocycles. The van der Waals surface area contributed by atoms with Gasteiger partial charge >= 0.3 is 0 Å². The molecule has 0 bridgehead atoms. The average molecular weight is 429 g/mol. The monoisotopic (exact) mass is 428 g/mol. The van der Waals surface area contributed by atoms with Gasteiger partial charge in [-0.3, -0.25) is 13.8 Å². The van der Waals surface area contributed by atoms with Crippen molar-refractivity contribution in [3.05, 3.63) is 104 Å². The standard InChI is InChI=1S/C25H20N2OS2/c1-16-10-12-19(13-11-16)22-23-26(15-18-7-5-6-17(2)14-18)24(28)20-8-3-4-9-21(20)27(23)25(29)30-22/h3-14H,15H2,1-2H3. The summed E-state index contributed by atoms with van der Waals surface area (Å²) >= 11 is 7.34. The number of benzene rings is 3. The highest BCUT2D eigenvalue weighted by atomic mass is 32.1. The van der Waals surface area contributed by atoms with Crippen molar-refractivity contribution in [3.63, 3.8) is 0 Å². The molecule has 0 saturated heterocycles. The molecule has 0 fully saturated rings. The Kier molecular flexibility index (Phi) is 4.65. The number of rotatable bonds is 3. The predicted molar refractivity (Wildman–Crippen MR) is 128 cm³/mol. The third-order valence-electron chi connectivity index (χ3n) is 5.40. The lowest BCUT2D eigenvalue weighted by Crippen LogP contribution is -2.23. The molecule has 0 radical (unpaired) electrons. The smallest absolute Gasteiger partial charge is 0.261 e. The third-order valence-corrected chi connectivity index (χ3v) is 6.81. The second kappa shape index (κ2) is 7.35. The summed E-state index contributed by atoms with van der Waals surface area (Å²) in [6.07, 6.45) is 0. The molecule has 30 heavy (non-hydrogen) atoms. The number of fused-ring (bicyclic) bond motifs is 3. The van der Waals surface area contributed by atoms with Crippen LogP contribution in [0, 0.1) is 17.8 Å². The summed E-state index contributed by atoms with van der Waals surface area (Å²) < 4.78 is 4.68. The highest BCUT2D eigenvalue weighted by molar-refractivity contribution is 7.73. The van der Waals surface area contributed by atoms with E-state index < -0.39 is 0 Å². The number of para-hydroxylation sites is 1. The maximum Gasteiger partial charge on any atom is 0.261 e. The van der Waals surface area contributed by atoms with Crippen LogP contribution < -0.4 is 5.56 Å². The molecule has 2 aromatic heterocycles. The Labute approximate surface area is 183 Å². The Morgan fingerprint density at radius 3 is 2.43 bits per heavy atom. The van der Waals surface area contributed by atoms with Crippen LogP contribution in [0.2, 0.25) is 0 Å². The Hall–Kier alpha value is -3.02. The molecule has 2 heterocycles. The Balaban J connectivity index is 1.90. The SMILES string of the molecule is Cc1ccc(-c2sc(=S)n3c4ccccc4c(=O)n(Cc4cccc(C)c4)c23)cc1. The number of aryl methyl sites for hydroxylation is 2. The molecule has 0 aliphatic heterocycles. The van der Waals surface area contributed by atoms with Crippen LogP contribution in [0.1, 0.15) is 16.7 Å². The van der Waals surface area contributed by atoms with Gasteiger partial charge in [0, 0.05) is 0 Å². The van der Waals surface area contributed by atoms with Gasteiger partial charge in [0.1, 0.15) is 5.65 Å². The zero-order valence-corrected chi connectivity index (χ0v) is 18.4. The molecule has 3 aromatic carbocycles. The summed E-state index contributed by atoms with van der Waals surface area (Å²) in [4.78, 5) is 14.6. The van der Waals surface area contributed by atoms with Gasteiger partial charge in [-0.05, 0) is 49.3 Å². The van der Waals surface area contributed by atoms with Crippen LogP contribution in [0.5, 0.6) is 0 Å². The first-order valence-electron chi connectivity index (χ1n) is 9.82. The molecule has 0 amide bonds. The molecule has 0 unspecified atom stereocenters. The summed E-state index contributed by atoms with van der Waals surface area (Å²) in [6.45, 7) is 4.64. The van der Waals surface area contributed by atoms with Crippen LogP contribution in [0.4, 0.5) is 0 Å². The molecular formula is C25H20N2OS2. The van der Waals surface area contributed by atoms with E-state index in [0.29, 0.717) is 11.9 Å². The molecule has 0 saturated carbocycles. The summed E-state index contributed by atoms with van der Waals surface area (Å²) in [5.41, 5.74) is 6.28. The fourth-order valence-electron chi connectivity index (χ4n) is 3.95. The van der Waals surface area contributed by atoms with Crippen LogP contribution >= 0.6 is 23.6 Å². The van der Waals surface area contributed by atoms with E-state index in [2.05, 4.69) is 60.7 Å². The van der Waals surface area contributed by atoms with Crippen molar-refractivity contribution in [2.45, 2.75) is 20.4 Å². The minimum absolute atomic E-state index is 0.00766. The fraction of sp³-hybridized carbons (Fsp3) is 0.120. The zero-order valence-electron chi connectivity index (χ0n) is 16.8. The number of aromatic nitrogens is 2. The maximum atomic E-state index is 13.6. The summed E-state index contributed by atoms with van der Waals surface area (Å²) in [7, 11) is 0. The highest BCUT2D eigenvalue weighted by Crippen LogP contribution is 2.33. The lowest BCUT2D eigenvalue weighted by atomic mass is 10.1. The Bertz CT molecular complexity index is 1520. The minimum atomic E-state index is 0.00766. The van der Waals surface area contributed by atoms with E-state index in [1.807, 2.05) is 34.9 Å². The first-order chi connectivity index (χ1) is 14.5. The van der Waals surface area contributed by atoms with Gasteiger partial charge < -0.3 is 0 Å². The largest absolute Gasteiger partial charge is 0.288 e. The maximum absolute atomic E-state index is 13.6. The van der Waals surface area contributed by atoms with Gasteiger partial charge in [0.2, 0.25) is 0 Å². The van der Waals surface area contributed by atoms with Crippen LogP contribution in [-0.2, 0) is 6.54 Å². The molecule has 0 spiro atoms. The number of hydrogen-bond acceptors (Lipinski definition) is 3. The Morgan fingerprint density at radius 2 is 1.67 bits per heavy atom. The van der Waals surface area contributed by atoms with Crippen molar-refractivity contribution in [2.24, 2.45) is 0 Å². The first kappa shape index (κ1) is 19.0. The summed E-state index contributed by atoms with van der Waals surface area (Å²) in [6, 6.07) is 24.4. The number of hydrogen-bond donors (Lipinski definition) is 0. The Morgan fingerprint density at radius 1 is 0.900 bits per heavy atom. The normalized spacial score (nSPS) is 11.4. The number of thiazole rings is 1. The van der Waals surface area contributed by atoms with E-state index in [9.17, 15) is 4.79 Å². The van der Waals surface area contributed by atoms with Gasteiger partial charge in [0.15, 0.2) is 3.95 Å².